The minimum Gasteiger partial charge on any atom is -0.495 e. The first kappa shape index (κ1) is 13.7. The minimum absolute atomic E-state index is 0.530. The Hall–Kier alpha value is -1.71. The Balaban J connectivity index is 2.29. The molecule has 0 saturated heterocycles. The number of rotatable bonds is 5. The monoisotopic (exact) mass is 263 g/mol. The predicted octanol–water partition coefficient (Wildman–Crippen LogP) is 2.61. The summed E-state index contributed by atoms with van der Waals surface area (Å²) >= 11 is 0. The number of carbonyl (C=O) groups is 1. The summed E-state index contributed by atoms with van der Waals surface area (Å²) in [6, 6.07) is 4.08. The van der Waals surface area contributed by atoms with E-state index in [2.05, 4.69) is 6.07 Å². The number of anilines is 1. The van der Waals surface area contributed by atoms with E-state index in [4.69, 9.17) is 4.74 Å². The number of ether oxygens (including phenoxy) is 1. The van der Waals surface area contributed by atoms with E-state index in [-0.39, 0.29) is 0 Å². The van der Waals surface area contributed by atoms with Crippen LogP contribution in [0, 0.1) is 19.3 Å². The molecule has 0 heterocycles. The molecule has 0 amide bonds. The molecular weight excluding hydrogens is 242 g/mol. The highest BCUT2D eigenvalue weighted by atomic mass is 16.5. The van der Waals surface area contributed by atoms with Crippen molar-refractivity contribution < 1.29 is 14.6 Å². The maximum absolute atomic E-state index is 11.3. The Morgan fingerprint density at radius 3 is 2.53 bits per heavy atom. The molecule has 19 heavy (non-hydrogen) atoms. The fraction of sp³-hybridized carbons (Fsp3) is 0.533. The molecule has 4 heteroatoms. The van der Waals surface area contributed by atoms with Gasteiger partial charge in [-0.25, -0.2) is 0 Å². The van der Waals surface area contributed by atoms with Gasteiger partial charge in [0.15, 0.2) is 0 Å². The van der Waals surface area contributed by atoms with Crippen molar-refractivity contribution >= 4 is 11.7 Å². The summed E-state index contributed by atoms with van der Waals surface area (Å²) in [7, 11) is 3.58. The molecule has 0 radical (unpaired) electrons. The van der Waals surface area contributed by atoms with Gasteiger partial charge < -0.3 is 14.7 Å². The Morgan fingerprint density at radius 1 is 1.42 bits per heavy atom. The molecule has 0 bridgehead atoms. The first-order valence-corrected chi connectivity index (χ1v) is 6.49. The van der Waals surface area contributed by atoms with Crippen LogP contribution in [0.25, 0.3) is 0 Å². The van der Waals surface area contributed by atoms with Gasteiger partial charge in [-0.1, -0.05) is 6.07 Å². The molecule has 0 atom stereocenters. The Bertz CT molecular complexity index is 506. The van der Waals surface area contributed by atoms with Crippen LogP contribution < -0.4 is 9.64 Å². The topological polar surface area (TPSA) is 49.8 Å². The molecule has 1 aromatic rings. The summed E-state index contributed by atoms with van der Waals surface area (Å²) in [6.45, 7) is 4.59. The Kier molecular flexibility index (Phi) is 3.43. The summed E-state index contributed by atoms with van der Waals surface area (Å²) < 4.78 is 5.43. The number of carboxylic acids is 1. The van der Waals surface area contributed by atoms with E-state index < -0.39 is 11.4 Å². The van der Waals surface area contributed by atoms with E-state index in [1.54, 1.807) is 7.11 Å². The quantitative estimate of drug-likeness (QED) is 0.887. The number of aryl methyl sites for hydroxylation is 2. The van der Waals surface area contributed by atoms with Gasteiger partial charge in [-0.15, -0.1) is 0 Å². The molecule has 4 nitrogen and oxygen atoms in total. The van der Waals surface area contributed by atoms with Gasteiger partial charge in [0, 0.05) is 13.6 Å². The number of nitrogens with zero attached hydrogens (tertiary/aromatic N) is 1. The zero-order valence-corrected chi connectivity index (χ0v) is 12.0. The van der Waals surface area contributed by atoms with Gasteiger partial charge in [-0.2, -0.15) is 0 Å². The second-order valence-corrected chi connectivity index (χ2v) is 5.57. The van der Waals surface area contributed by atoms with Crippen molar-refractivity contribution in [2.45, 2.75) is 26.7 Å². The van der Waals surface area contributed by atoms with Crippen molar-refractivity contribution in [1.29, 1.82) is 0 Å². The number of benzene rings is 1. The average Bonchev–Trinajstić information content (AvgIpc) is 3.08. The van der Waals surface area contributed by atoms with Gasteiger partial charge in [0.05, 0.1) is 18.2 Å². The smallest absolute Gasteiger partial charge is 0.311 e. The third-order valence-electron chi connectivity index (χ3n) is 3.86. The van der Waals surface area contributed by atoms with Gasteiger partial charge >= 0.3 is 5.97 Å². The summed E-state index contributed by atoms with van der Waals surface area (Å²) in [4.78, 5) is 13.3. The lowest BCUT2D eigenvalue weighted by Crippen LogP contribution is -2.32. The lowest BCUT2D eigenvalue weighted by molar-refractivity contribution is -0.142. The number of aliphatic carboxylic acids is 1. The van der Waals surface area contributed by atoms with Crippen LogP contribution >= 0.6 is 0 Å². The summed E-state index contributed by atoms with van der Waals surface area (Å²) in [5.41, 5.74) is 2.68. The van der Waals surface area contributed by atoms with Gasteiger partial charge in [0.1, 0.15) is 5.75 Å². The minimum atomic E-state index is -0.692. The van der Waals surface area contributed by atoms with Crippen LogP contribution in [0.3, 0.4) is 0 Å². The molecule has 0 aliphatic heterocycles. The molecule has 104 valence electrons. The number of methoxy groups -OCH3 is 1. The van der Waals surface area contributed by atoms with E-state index in [9.17, 15) is 9.90 Å². The fourth-order valence-electron chi connectivity index (χ4n) is 2.69. The van der Waals surface area contributed by atoms with Crippen LogP contribution in [0.5, 0.6) is 5.75 Å². The maximum Gasteiger partial charge on any atom is 0.311 e. The molecule has 0 unspecified atom stereocenters. The van der Waals surface area contributed by atoms with Gasteiger partial charge in [-0.05, 0) is 43.9 Å². The predicted molar refractivity (Wildman–Crippen MR) is 75.0 cm³/mol. The standard InChI is InChI=1S/C15H21NO3/c1-10-7-11(2)13(12(8-10)19-4)16(3)9-15(5-6-15)14(17)18/h7-8H,5-6,9H2,1-4H3,(H,17,18). The Morgan fingerprint density at radius 2 is 2.05 bits per heavy atom. The van der Waals surface area contributed by atoms with Crippen LogP contribution in [-0.4, -0.2) is 31.8 Å². The van der Waals surface area contributed by atoms with E-state index in [1.807, 2.05) is 31.9 Å². The average molecular weight is 263 g/mol. The number of hydrogen-bond acceptors (Lipinski definition) is 3. The van der Waals surface area contributed by atoms with Crippen molar-refractivity contribution in [2.75, 3.05) is 25.6 Å². The summed E-state index contributed by atoms with van der Waals surface area (Å²) in [5.74, 6) is 0.115. The number of carboxylic acid groups (broad SMARTS) is 1. The molecule has 1 N–H and O–H groups in total. The van der Waals surface area contributed by atoms with Crippen molar-refractivity contribution in [3.63, 3.8) is 0 Å². The normalized spacial score (nSPS) is 16.0. The fourth-order valence-corrected chi connectivity index (χ4v) is 2.69. The molecule has 1 saturated carbocycles. The van der Waals surface area contributed by atoms with Crippen LogP contribution in [0.1, 0.15) is 24.0 Å². The van der Waals surface area contributed by atoms with E-state index >= 15 is 0 Å². The first-order valence-electron chi connectivity index (χ1n) is 6.49. The van der Waals surface area contributed by atoms with E-state index in [0.717, 1.165) is 35.4 Å². The van der Waals surface area contributed by atoms with Crippen molar-refractivity contribution in [3.05, 3.63) is 23.3 Å². The first-order chi connectivity index (χ1) is 8.89. The zero-order valence-electron chi connectivity index (χ0n) is 12.0. The molecule has 1 aromatic carbocycles. The highest BCUT2D eigenvalue weighted by Crippen LogP contribution is 2.47. The zero-order chi connectivity index (χ0) is 14.2. The third kappa shape index (κ3) is 2.53. The largest absolute Gasteiger partial charge is 0.495 e. The van der Waals surface area contributed by atoms with E-state index in [0.29, 0.717) is 6.54 Å². The third-order valence-corrected chi connectivity index (χ3v) is 3.86. The van der Waals surface area contributed by atoms with Gasteiger partial charge in [0.2, 0.25) is 0 Å². The van der Waals surface area contributed by atoms with Crippen LogP contribution in [-0.2, 0) is 4.79 Å². The van der Waals surface area contributed by atoms with Crippen LogP contribution in [0.15, 0.2) is 12.1 Å². The highest BCUT2D eigenvalue weighted by Gasteiger charge is 2.51. The van der Waals surface area contributed by atoms with Crippen molar-refractivity contribution in [1.82, 2.24) is 0 Å². The summed E-state index contributed by atoms with van der Waals surface area (Å²) in [5, 5.41) is 9.28. The van der Waals surface area contributed by atoms with Gasteiger partial charge in [-0.3, -0.25) is 4.79 Å². The van der Waals surface area contributed by atoms with E-state index in [1.165, 1.54) is 0 Å². The molecule has 0 spiro atoms. The Labute approximate surface area is 114 Å². The van der Waals surface area contributed by atoms with Crippen molar-refractivity contribution in [3.8, 4) is 5.75 Å². The second kappa shape index (κ2) is 4.76. The second-order valence-electron chi connectivity index (χ2n) is 5.57. The molecule has 2 rings (SSSR count). The lowest BCUT2D eigenvalue weighted by atomic mass is 10.0. The molecule has 1 fully saturated rings. The van der Waals surface area contributed by atoms with Crippen LogP contribution in [0.4, 0.5) is 5.69 Å². The molecule has 1 aliphatic rings. The van der Waals surface area contributed by atoms with Crippen molar-refractivity contribution in [2.24, 2.45) is 5.41 Å². The maximum atomic E-state index is 11.3. The molecular formula is C15H21NO3. The SMILES string of the molecule is COc1cc(C)cc(C)c1N(C)CC1(C(=O)O)CC1. The summed E-state index contributed by atoms with van der Waals surface area (Å²) in [6.07, 6.45) is 1.53. The number of hydrogen-bond donors (Lipinski definition) is 1. The molecule has 0 aromatic heterocycles. The lowest BCUT2D eigenvalue weighted by Gasteiger charge is -2.27. The van der Waals surface area contributed by atoms with Gasteiger partial charge in [0.25, 0.3) is 0 Å². The highest BCUT2D eigenvalue weighted by molar-refractivity contribution is 5.79. The molecule has 1 aliphatic carbocycles. The van der Waals surface area contributed by atoms with Crippen LogP contribution in [0.2, 0.25) is 0 Å².